The third-order valence-electron chi connectivity index (χ3n) is 5.82. The summed E-state index contributed by atoms with van der Waals surface area (Å²) in [6.07, 6.45) is 2.90. The Morgan fingerprint density at radius 3 is 2.80 bits per heavy atom. The van der Waals surface area contributed by atoms with E-state index in [4.69, 9.17) is 15.6 Å². The van der Waals surface area contributed by atoms with Gasteiger partial charge in [-0.3, -0.25) is 4.79 Å². The number of likely N-dealkylation sites (tertiary alicyclic amines) is 1. The summed E-state index contributed by atoms with van der Waals surface area (Å²) in [4.78, 5) is 26.5. The fourth-order valence-corrected chi connectivity index (χ4v) is 4.22. The smallest absolute Gasteiger partial charge is 0.298 e. The summed E-state index contributed by atoms with van der Waals surface area (Å²) in [5, 5.41) is 5.13. The number of halogens is 1. The Hall–Kier alpha value is -4.52. The number of pyridine rings is 1. The van der Waals surface area contributed by atoms with E-state index < -0.39 is 5.95 Å². The van der Waals surface area contributed by atoms with Crippen LogP contribution in [0.2, 0.25) is 0 Å². The van der Waals surface area contributed by atoms with Crippen molar-refractivity contribution in [3.8, 4) is 34.7 Å². The summed E-state index contributed by atoms with van der Waals surface area (Å²) in [5.41, 5.74) is 7.08. The first-order valence-electron chi connectivity index (χ1n) is 11.2. The molecule has 1 aliphatic rings. The van der Waals surface area contributed by atoms with Gasteiger partial charge in [-0.15, -0.1) is 0 Å². The maximum atomic E-state index is 15.2. The Morgan fingerprint density at radius 1 is 1.20 bits per heavy atom. The molecule has 1 aromatic carbocycles. The highest BCUT2D eigenvalue weighted by molar-refractivity contribution is 5.98. The second-order valence-electron chi connectivity index (χ2n) is 8.08. The number of nitrogens with zero attached hydrogens (tertiary/aromatic N) is 6. The summed E-state index contributed by atoms with van der Waals surface area (Å²) < 4.78 is 22.6. The van der Waals surface area contributed by atoms with Gasteiger partial charge in [0.05, 0.1) is 17.0 Å². The second kappa shape index (κ2) is 9.38. The van der Waals surface area contributed by atoms with Gasteiger partial charge in [-0.2, -0.15) is 14.5 Å². The summed E-state index contributed by atoms with van der Waals surface area (Å²) in [6.45, 7) is 2.66. The zero-order valence-corrected chi connectivity index (χ0v) is 19.0. The number of hydrogen-bond acceptors (Lipinski definition) is 7. The van der Waals surface area contributed by atoms with E-state index in [1.165, 1.54) is 6.33 Å². The van der Waals surface area contributed by atoms with Crippen LogP contribution in [-0.2, 0) is 4.79 Å². The minimum atomic E-state index is -0.757. The van der Waals surface area contributed by atoms with E-state index in [0.717, 1.165) is 12.8 Å². The summed E-state index contributed by atoms with van der Waals surface area (Å²) >= 11 is 0. The lowest BCUT2D eigenvalue weighted by Crippen LogP contribution is -2.40. The average molecular weight is 471 g/mol. The van der Waals surface area contributed by atoms with Gasteiger partial charge in [0.15, 0.2) is 5.65 Å². The first-order chi connectivity index (χ1) is 17.0. The maximum absolute atomic E-state index is 15.2. The lowest BCUT2D eigenvalue weighted by Gasteiger charge is -2.31. The van der Waals surface area contributed by atoms with Crippen LogP contribution in [0.4, 0.5) is 10.2 Å². The monoisotopic (exact) mass is 471 g/mol. The zero-order chi connectivity index (χ0) is 24.4. The molecule has 9 nitrogen and oxygen atoms in total. The molecule has 1 fully saturated rings. The molecule has 1 amide bonds. The third-order valence-corrected chi connectivity index (χ3v) is 5.82. The van der Waals surface area contributed by atoms with Gasteiger partial charge >= 0.3 is 0 Å². The highest BCUT2D eigenvalue weighted by Crippen LogP contribution is 2.35. The molecule has 1 unspecified atom stereocenters. The van der Waals surface area contributed by atoms with Gasteiger partial charge in [0.2, 0.25) is 11.8 Å². The first kappa shape index (κ1) is 22.3. The van der Waals surface area contributed by atoms with Crippen LogP contribution in [0.15, 0.2) is 48.8 Å². The molecule has 10 heteroatoms. The van der Waals surface area contributed by atoms with Crippen molar-refractivity contribution >= 4 is 22.8 Å². The van der Waals surface area contributed by atoms with Crippen molar-refractivity contribution in [3.05, 3.63) is 54.7 Å². The Balaban J connectivity index is 1.53. The van der Waals surface area contributed by atoms with Gasteiger partial charge in [-0.05, 0) is 43.9 Å². The molecule has 4 heterocycles. The molecule has 5 rings (SSSR count). The van der Waals surface area contributed by atoms with Crippen molar-refractivity contribution in [2.24, 2.45) is 0 Å². The largest absolute Gasteiger partial charge is 0.439 e. The topological polar surface area (TPSA) is 112 Å². The predicted octanol–water partition coefficient (Wildman–Crippen LogP) is 3.59. The third kappa shape index (κ3) is 4.36. The van der Waals surface area contributed by atoms with E-state index in [1.54, 1.807) is 40.8 Å². The van der Waals surface area contributed by atoms with Gasteiger partial charge in [0, 0.05) is 19.2 Å². The highest BCUT2D eigenvalue weighted by atomic mass is 19.1. The molecule has 0 saturated carbocycles. The molecular formula is C25H22FN7O2. The number of carbonyl (C=O) groups is 1. The van der Waals surface area contributed by atoms with E-state index in [-0.39, 0.29) is 34.9 Å². The molecule has 4 aromatic rings. The van der Waals surface area contributed by atoms with Crippen molar-refractivity contribution < 1.29 is 13.9 Å². The van der Waals surface area contributed by atoms with E-state index in [9.17, 15) is 4.79 Å². The van der Waals surface area contributed by atoms with Crippen LogP contribution in [-0.4, -0.2) is 48.6 Å². The Morgan fingerprint density at radius 2 is 2.03 bits per heavy atom. The number of para-hydroxylation sites is 1. The van der Waals surface area contributed by atoms with Crippen molar-refractivity contribution in [3.63, 3.8) is 0 Å². The summed E-state index contributed by atoms with van der Waals surface area (Å²) in [5.74, 6) is 5.09. The molecule has 176 valence electrons. The molecule has 2 N–H and O–H groups in total. The van der Waals surface area contributed by atoms with E-state index in [0.29, 0.717) is 29.9 Å². The number of carbonyl (C=O) groups excluding carboxylic acids is 1. The second-order valence-corrected chi connectivity index (χ2v) is 8.08. The minimum Gasteiger partial charge on any atom is -0.439 e. The van der Waals surface area contributed by atoms with Gasteiger partial charge in [0.25, 0.3) is 5.91 Å². The number of anilines is 1. The lowest BCUT2D eigenvalue weighted by atomic mass is 10.1. The van der Waals surface area contributed by atoms with Crippen LogP contribution in [0.5, 0.6) is 11.6 Å². The number of nitrogen functional groups attached to an aromatic ring is 1. The van der Waals surface area contributed by atoms with Gasteiger partial charge in [0.1, 0.15) is 23.6 Å². The van der Waals surface area contributed by atoms with Crippen molar-refractivity contribution in [2.75, 3.05) is 18.8 Å². The zero-order valence-electron chi connectivity index (χ0n) is 19.0. The van der Waals surface area contributed by atoms with Crippen LogP contribution in [0.25, 0.3) is 22.3 Å². The van der Waals surface area contributed by atoms with Crippen LogP contribution in [0.1, 0.15) is 25.8 Å². The van der Waals surface area contributed by atoms with Gasteiger partial charge < -0.3 is 15.4 Å². The minimum absolute atomic E-state index is 0.115. The number of piperidine rings is 1. The summed E-state index contributed by atoms with van der Waals surface area (Å²) in [6, 6.07) is 11.9. The predicted molar refractivity (Wildman–Crippen MR) is 128 cm³/mol. The lowest BCUT2D eigenvalue weighted by molar-refractivity contribution is -0.126. The molecule has 0 radical (unpaired) electrons. The van der Waals surface area contributed by atoms with Crippen molar-refractivity contribution in [2.45, 2.75) is 25.8 Å². The fraction of sp³-hybridized carbons (Fsp3) is 0.240. The summed E-state index contributed by atoms with van der Waals surface area (Å²) in [7, 11) is 0. The van der Waals surface area contributed by atoms with E-state index >= 15 is 4.39 Å². The van der Waals surface area contributed by atoms with E-state index in [1.807, 2.05) is 18.2 Å². The molecule has 0 aliphatic carbocycles. The number of aromatic nitrogens is 5. The number of rotatable bonds is 4. The molecule has 0 spiro atoms. The molecule has 0 bridgehead atoms. The Labute approximate surface area is 200 Å². The molecule has 3 aromatic heterocycles. The molecule has 1 saturated heterocycles. The van der Waals surface area contributed by atoms with Crippen molar-refractivity contribution in [1.29, 1.82) is 0 Å². The SMILES string of the molecule is CC#CC(=O)N1CCCC(n2nc(-c3ccc(Oc4ccccc4)nc3F)c3c(N)ncnc32)C1. The fourth-order valence-electron chi connectivity index (χ4n) is 4.22. The number of amides is 1. The average Bonchev–Trinajstić information content (AvgIpc) is 3.26. The molecule has 35 heavy (non-hydrogen) atoms. The first-order valence-corrected chi connectivity index (χ1v) is 11.2. The number of fused-ring (bicyclic) bond motifs is 1. The van der Waals surface area contributed by atoms with Crippen LogP contribution in [0, 0.1) is 17.8 Å². The van der Waals surface area contributed by atoms with Crippen LogP contribution in [0.3, 0.4) is 0 Å². The molecule has 1 aliphatic heterocycles. The standard InChI is InChI=1S/C25H22FN7O2/c1-2-7-20(34)32-13-6-8-16(14-32)33-25-21(24(27)28-15-29-25)22(31-33)18-11-12-19(30-23(18)26)35-17-9-4-3-5-10-17/h3-5,9-12,15-16H,6,8,13-14H2,1H3,(H2,27,28,29). The Bertz CT molecular complexity index is 1460. The quantitative estimate of drug-likeness (QED) is 0.358. The molecule has 1 atom stereocenters. The van der Waals surface area contributed by atoms with E-state index in [2.05, 4.69) is 26.8 Å². The number of benzene rings is 1. The normalized spacial score (nSPS) is 15.5. The van der Waals surface area contributed by atoms with Gasteiger partial charge in [-0.1, -0.05) is 24.1 Å². The number of hydrogen-bond donors (Lipinski definition) is 1. The highest BCUT2D eigenvalue weighted by Gasteiger charge is 2.29. The van der Waals surface area contributed by atoms with Gasteiger partial charge in [-0.25, -0.2) is 14.6 Å². The van der Waals surface area contributed by atoms with Crippen molar-refractivity contribution in [1.82, 2.24) is 29.6 Å². The molecular weight excluding hydrogens is 449 g/mol. The van der Waals surface area contributed by atoms with Crippen LogP contribution < -0.4 is 10.5 Å². The number of ether oxygens (including phenoxy) is 1. The maximum Gasteiger partial charge on any atom is 0.298 e. The Kier molecular flexibility index (Phi) is 5.97. The van der Waals surface area contributed by atoms with Crippen LogP contribution >= 0.6 is 0 Å². The number of nitrogens with two attached hydrogens (primary N) is 1.